The summed E-state index contributed by atoms with van der Waals surface area (Å²) in [6.45, 7) is 2.03. The second-order valence-electron chi connectivity index (χ2n) is 4.82. The molecule has 1 N–H and O–H groups in total. The topological polar surface area (TPSA) is 101 Å². The molecule has 1 saturated heterocycles. The molecule has 0 unspecified atom stereocenters. The molecular formula is C12H16N2O5S. The van der Waals surface area contributed by atoms with Crippen molar-refractivity contribution in [2.75, 3.05) is 29.5 Å². The van der Waals surface area contributed by atoms with E-state index in [0.717, 1.165) is 0 Å². The molecule has 1 aliphatic heterocycles. The fourth-order valence-electron chi connectivity index (χ4n) is 2.17. The van der Waals surface area contributed by atoms with Crippen molar-refractivity contribution < 1.29 is 18.4 Å². The van der Waals surface area contributed by atoms with Gasteiger partial charge in [-0.2, -0.15) is 0 Å². The highest BCUT2D eigenvalue weighted by molar-refractivity contribution is 7.91. The molecule has 1 heterocycles. The number of sulfone groups is 1. The number of hydrogen-bond acceptors (Lipinski definition) is 6. The fourth-order valence-corrected chi connectivity index (χ4v) is 3.37. The Morgan fingerprint density at radius 1 is 1.35 bits per heavy atom. The molecule has 20 heavy (non-hydrogen) atoms. The van der Waals surface area contributed by atoms with Gasteiger partial charge in [-0.3, -0.25) is 10.1 Å². The first-order valence-electron chi connectivity index (χ1n) is 6.22. The maximum Gasteiger partial charge on any atom is 0.292 e. The van der Waals surface area contributed by atoms with Gasteiger partial charge >= 0.3 is 0 Å². The van der Waals surface area contributed by atoms with E-state index in [4.69, 9.17) is 0 Å². The van der Waals surface area contributed by atoms with Crippen LogP contribution in [0, 0.1) is 10.1 Å². The first kappa shape index (κ1) is 14.7. The lowest BCUT2D eigenvalue weighted by atomic mass is 10.1. The number of benzene rings is 1. The third-order valence-electron chi connectivity index (χ3n) is 3.36. The van der Waals surface area contributed by atoms with Crippen LogP contribution in [0.5, 0.6) is 0 Å². The summed E-state index contributed by atoms with van der Waals surface area (Å²) in [4.78, 5) is 12.3. The average Bonchev–Trinajstić information content (AvgIpc) is 2.38. The Bertz CT molecular complexity index is 613. The molecular weight excluding hydrogens is 284 g/mol. The molecule has 2 rings (SSSR count). The molecule has 1 aromatic rings. The first-order chi connectivity index (χ1) is 9.30. The predicted octanol–water partition coefficient (Wildman–Crippen LogP) is 0.883. The largest absolute Gasteiger partial charge is 0.389 e. The SMILES string of the molecule is C[C@@H](O)c1ccc(N2CCS(=O)(=O)CC2)c([N+](=O)[O-])c1. The van der Waals surface area contributed by atoms with Crippen molar-refractivity contribution >= 4 is 21.2 Å². The number of aliphatic hydroxyl groups is 1. The highest BCUT2D eigenvalue weighted by atomic mass is 32.2. The van der Waals surface area contributed by atoms with Crippen molar-refractivity contribution in [3.8, 4) is 0 Å². The number of rotatable bonds is 3. The van der Waals surface area contributed by atoms with E-state index in [-0.39, 0.29) is 30.3 Å². The van der Waals surface area contributed by atoms with Crippen LogP contribution < -0.4 is 4.90 Å². The number of anilines is 1. The van der Waals surface area contributed by atoms with Gasteiger partial charge in [-0.25, -0.2) is 8.42 Å². The number of nitro groups is 1. The Morgan fingerprint density at radius 2 is 1.95 bits per heavy atom. The minimum absolute atomic E-state index is 0.00229. The molecule has 0 amide bonds. The van der Waals surface area contributed by atoms with Crippen LogP contribution in [0.1, 0.15) is 18.6 Å². The van der Waals surface area contributed by atoms with Crippen molar-refractivity contribution in [1.29, 1.82) is 0 Å². The van der Waals surface area contributed by atoms with Gasteiger partial charge < -0.3 is 10.0 Å². The van der Waals surface area contributed by atoms with Gasteiger partial charge in [-0.15, -0.1) is 0 Å². The summed E-state index contributed by atoms with van der Waals surface area (Å²) in [5.74, 6) is 0.00458. The van der Waals surface area contributed by atoms with E-state index >= 15 is 0 Å². The summed E-state index contributed by atoms with van der Waals surface area (Å²) >= 11 is 0. The van der Waals surface area contributed by atoms with Crippen LogP contribution in [-0.2, 0) is 9.84 Å². The Labute approximate surface area is 116 Å². The maximum absolute atomic E-state index is 11.4. The Balaban J connectivity index is 2.34. The lowest BCUT2D eigenvalue weighted by molar-refractivity contribution is -0.384. The van der Waals surface area contributed by atoms with Crippen LogP contribution in [-0.4, -0.2) is 43.0 Å². The summed E-state index contributed by atoms with van der Waals surface area (Å²) in [5.41, 5.74) is 0.752. The van der Waals surface area contributed by atoms with Crippen molar-refractivity contribution in [2.45, 2.75) is 13.0 Å². The second-order valence-corrected chi connectivity index (χ2v) is 7.12. The molecule has 0 bridgehead atoms. The molecule has 0 aliphatic carbocycles. The minimum Gasteiger partial charge on any atom is -0.389 e. The van der Waals surface area contributed by atoms with Crippen molar-refractivity contribution in [3.63, 3.8) is 0 Å². The molecule has 7 nitrogen and oxygen atoms in total. The third kappa shape index (κ3) is 3.07. The molecule has 0 radical (unpaired) electrons. The van der Waals surface area contributed by atoms with Gasteiger partial charge in [0.25, 0.3) is 5.69 Å². The quantitative estimate of drug-likeness (QED) is 0.657. The normalized spacial score (nSPS) is 19.6. The highest BCUT2D eigenvalue weighted by Gasteiger charge is 2.27. The molecule has 0 saturated carbocycles. The van der Waals surface area contributed by atoms with E-state index in [2.05, 4.69) is 0 Å². The summed E-state index contributed by atoms with van der Waals surface area (Å²) in [7, 11) is -3.03. The molecule has 1 aliphatic rings. The molecule has 8 heteroatoms. The van der Waals surface area contributed by atoms with Gasteiger partial charge in [0, 0.05) is 19.2 Å². The van der Waals surface area contributed by atoms with Gasteiger partial charge in [0.15, 0.2) is 9.84 Å². The summed E-state index contributed by atoms with van der Waals surface area (Å²) in [5, 5.41) is 20.6. The summed E-state index contributed by atoms with van der Waals surface area (Å²) in [6.07, 6.45) is -0.788. The number of hydrogen-bond donors (Lipinski definition) is 1. The van der Waals surface area contributed by atoms with Crippen molar-refractivity contribution in [3.05, 3.63) is 33.9 Å². The van der Waals surface area contributed by atoms with Gasteiger partial charge in [-0.1, -0.05) is 6.07 Å². The molecule has 0 spiro atoms. The number of nitrogens with zero attached hydrogens (tertiary/aromatic N) is 2. The Morgan fingerprint density at radius 3 is 2.45 bits per heavy atom. The maximum atomic E-state index is 11.4. The standard InChI is InChI=1S/C12H16N2O5S/c1-9(15)10-2-3-11(12(8-10)14(16)17)13-4-6-20(18,19)7-5-13/h2-3,8-9,15H,4-7H2,1H3/t9-/m1/s1. The van der Waals surface area contributed by atoms with E-state index in [1.165, 1.54) is 13.0 Å². The van der Waals surface area contributed by atoms with Crippen LogP contribution in [0.15, 0.2) is 18.2 Å². The van der Waals surface area contributed by atoms with Crippen molar-refractivity contribution in [2.24, 2.45) is 0 Å². The fraction of sp³-hybridized carbons (Fsp3) is 0.500. The lowest BCUT2D eigenvalue weighted by Gasteiger charge is -2.28. The number of nitro benzene ring substituents is 1. The third-order valence-corrected chi connectivity index (χ3v) is 4.97. The lowest BCUT2D eigenvalue weighted by Crippen LogP contribution is -2.40. The Hall–Kier alpha value is -1.67. The smallest absolute Gasteiger partial charge is 0.292 e. The van der Waals surface area contributed by atoms with Gasteiger partial charge in [-0.05, 0) is 18.6 Å². The van der Waals surface area contributed by atoms with Crippen LogP contribution in [0.3, 0.4) is 0 Å². The van der Waals surface area contributed by atoms with Crippen LogP contribution in [0.4, 0.5) is 11.4 Å². The Kier molecular flexibility index (Phi) is 3.96. The molecule has 110 valence electrons. The first-order valence-corrected chi connectivity index (χ1v) is 8.04. The molecule has 0 aromatic heterocycles. The molecule has 1 fully saturated rings. The zero-order valence-electron chi connectivity index (χ0n) is 11.0. The highest BCUT2D eigenvalue weighted by Crippen LogP contribution is 2.32. The summed E-state index contributed by atoms with van der Waals surface area (Å²) in [6, 6.07) is 4.53. The second kappa shape index (κ2) is 5.37. The zero-order valence-corrected chi connectivity index (χ0v) is 11.8. The zero-order chi connectivity index (χ0) is 14.9. The monoisotopic (exact) mass is 300 g/mol. The van der Waals surface area contributed by atoms with Crippen LogP contribution >= 0.6 is 0 Å². The van der Waals surface area contributed by atoms with Crippen molar-refractivity contribution in [1.82, 2.24) is 0 Å². The predicted molar refractivity (Wildman–Crippen MR) is 74.6 cm³/mol. The molecule has 1 atom stereocenters. The summed E-state index contributed by atoms with van der Waals surface area (Å²) < 4.78 is 22.8. The van der Waals surface area contributed by atoms with Gasteiger partial charge in [0.05, 0.1) is 22.5 Å². The average molecular weight is 300 g/mol. The number of aliphatic hydroxyl groups excluding tert-OH is 1. The van der Waals surface area contributed by atoms with Gasteiger partial charge in [0.2, 0.25) is 0 Å². The van der Waals surface area contributed by atoms with E-state index in [1.54, 1.807) is 17.0 Å². The van der Waals surface area contributed by atoms with E-state index in [9.17, 15) is 23.6 Å². The van der Waals surface area contributed by atoms with Crippen LogP contribution in [0.25, 0.3) is 0 Å². The molecule has 1 aromatic carbocycles. The van der Waals surface area contributed by atoms with E-state index < -0.39 is 20.9 Å². The van der Waals surface area contributed by atoms with E-state index in [1.807, 2.05) is 0 Å². The van der Waals surface area contributed by atoms with E-state index in [0.29, 0.717) is 11.3 Å². The van der Waals surface area contributed by atoms with Gasteiger partial charge in [0.1, 0.15) is 5.69 Å². The van der Waals surface area contributed by atoms with Crippen LogP contribution in [0.2, 0.25) is 0 Å². The minimum atomic E-state index is -3.03.